The van der Waals surface area contributed by atoms with Gasteiger partial charge >= 0.3 is 0 Å². The lowest BCUT2D eigenvalue weighted by molar-refractivity contribution is 0.196. The number of hydrogen-bond donors (Lipinski definition) is 1. The van der Waals surface area contributed by atoms with Gasteiger partial charge in [-0.25, -0.2) is 8.42 Å². The molecule has 0 bridgehead atoms. The second-order valence-electron chi connectivity index (χ2n) is 5.09. The number of rotatable bonds is 3. The summed E-state index contributed by atoms with van der Waals surface area (Å²) in [6, 6.07) is 6.15. The van der Waals surface area contributed by atoms with Crippen LogP contribution in [0.25, 0.3) is 0 Å². The molecule has 6 heteroatoms. The third kappa shape index (κ3) is 3.08. The number of hydrogen-bond acceptors (Lipinski definition) is 4. The highest BCUT2D eigenvalue weighted by atomic mass is 32.2. The lowest BCUT2D eigenvalue weighted by Crippen LogP contribution is -2.44. The van der Waals surface area contributed by atoms with Crippen molar-refractivity contribution in [3.05, 3.63) is 24.3 Å². The van der Waals surface area contributed by atoms with E-state index >= 15 is 0 Å². The van der Waals surface area contributed by atoms with Crippen LogP contribution in [-0.2, 0) is 10.0 Å². The summed E-state index contributed by atoms with van der Waals surface area (Å²) in [4.78, 5) is 2.39. The Morgan fingerprint density at radius 2 is 1.68 bits per heavy atom. The molecule has 19 heavy (non-hydrogen) atoms. The molecular weight excluding hydrogens is 264 g/mol. The van der Waals surface area contributed by atoms with Crippen molar-refractivity contribution < 1.29 is 13.5 Å². The van der Waals surface area contributed by atoms with Crippen molar-refractivity contribution in [3.63, 3.8) is 0 Å². The quantitative estimate of drug-likeness (QED) is 0.903. The van der Waals surface area contributed by atoms with Crippen molar-refractivity contribution in [1.82, 2.24) is 9.21 Å². The Morgan fingerprint density at radius 3 is 2.16 bits per heavy atom. The van der Waals surface area contributed by atoms with Crippen molar-refractivity contribution in [1.29, 1.82) is 0 Å². The van der Waals surface area contributed by atoms with Crippen LogP contribution in [-0.4, -0.2) is 56.0 Å². The summed E-state index contributed by atoms with van der Waals surface area (Å²) in [5.41, 5.74) is 0. The van der Waals surface area contributed by atoms with Gasteiger partial charge in [0.2, 0.25) is 10.0 Å². The minimum absolute atomic E-state index is 0.0743. The molecule has 1 N–H and O–H groups in total. The standard InChI is InChI=1S/C13H20N2O3S/c1-14(2)11-7-9-15(10-8-11)19(17,18)13-5-3-12(16)4-6-13/h3-6,11,16H,7-10H2,1-2H3. The van der Waals surface area contributed by atoms with Crippen molar-refractivity contribution in [2.45, 2.75) is 23.8 Å². The van der Waals surface area contributed by atoms with Crippen LogP contribution in [0.2, 0.25) is 0 Å². The Labute approximate surface area is 114 Å². The highest BCUT2D eigenvalue weighted by Gasteiger charge is 2.29. The van der Waals surface area contributed by atoms with Crippen LogP contribution >= 0.6 is 0 Å². The molecule has 0 spiro atoms. The molecule has 0 aliphatic carbocycles. The van der Waals surface area contributed by atoms with Gasteiger partial charge < -0.3 is 10.0 Å². The van der Waals surface area contributed by atoms with Gasteiger partial charge in [0, 0.05) is 19.1 Å². The summed E-state index contributed by atoms with van der Waals surface area (Å²) < 4.78 is 26.3. The van der Waals surface area contributed by atoms with Gasteiger partial charge in [0.25, 0.3) is 0 Å². The summed E-state index contributed by atoms with van der Waals surface area (Å²) in [5.74, 6) is 0.0743. The molecule has 1 fully saturated rings. The first-order valence-corrected chi connectivity index (χ1v) is 7.81. The van der Waals surface area contributed by atoms with Crippen LogP contribution in [0.1, 0.15) is 12.8 Å². The molecule has 1 aromatic rings. The summed E-state index contributed by atoms with van der Waals surface area (Å²) in [6.45, 7) is 1.10. The van der Waals surface area contributed by atoms with Crippen molar-refractivity contribution in [3.8, 4) is 5.75 Å². The smallest absolute Gasteiger partial charge is 0.243 e. The summed E-state index contributed by atoms with van der Waals surface area (Å²) in [5, 5.41) is 9.21. The first-order chi connectivity index (χ1) is 8.91. The second-order valence-corrected chi connectivity index (χ2v) is 7.03. The molecular formula is C13H20N2O3S. The van der Waals surface area contributed by atoms with Gasteiger partial charge in [-0.05, 0) is 51.2 Å². The number of benzene rings is 1. The third-order valence-corrected chi connectivity index (χ3v) is 5.54. The number of phenolic OH excluding ortho intramolecular Hbond substituents is 1. The SMILES string of the molecule is CN(C)C1CCN(S(=O)(=O)c2ccc(O)cc2)CC1. The van der Waals surface area contributed by atoms with E-state index in [4.69, 9.17) is 0 Å². The predicted molar refractivity (Wildman–Crippen MR) is 73.6 cm³/mol. The van der Waals surface area contributed by atoms with Crippen molar-refractivity contribution in [2.24, 2.45) is 0 Å². The number of sulfonamides is 1. The molecule has 0 unspecified atom stereocenters. The number of aromatic hydroxyl groups is 1. The Kier molecular flexibility index (Phi) is 4.13. The molecule has 0 radical (unpaired) electrons. The van der Waals surface area contributed by atoms with E-state index in [9.17, 15) is 13.5 Å². The Hall–Kier alpha value is -1.11. The first kappa shape index (κ1) is 14.3. The molecule has 1 saturated heterocycles. The van der Waals surface area contributed by atoms with Gasteiger partial charge in [-0.1, -0.05) is 0 Å². The van der Waals surface area contributed by atoms with Gasteiger partial charge in [0.15, 0.2) is 0 Å². The molecule has 2 rings (SSSR count). The van der Waals surface area contributed by atoms with E-state index in [1.807, 2.05) is 14.1 Å². The largest absolute Gasteiger partial charge is 0.508 e. The fourth-order valence-corrected chi connectivity index (χ4v) is 3.84. The molecule has 0 saturated carbocycles. The number of piperidine rings is 1. The van der Waals surface area contributed by atoms with Gasteiger partial charge in [-0.2, -0.15) is 4.31 Å². The zero-order chi connectivity index (χ0) is 14.0. The monoisotopic (exact) mass is 284 g/mol. The molecule has 106 valence electrons. The predicted octanol–water partition coefficient (Wildman–Crippen LogP) is 1.11. The summed E-state index contributed by atoms with van der Waals surface area (Å²) >= 11 is 0. The maximum Gasteiger partial charge on any atom is 0.243 e. The van der Waals surface area contributed by atoms with E-state index < -0.39 is 10.0 Å². The van der Waals surface area contributed by atoms with Gasteiger partial charge in [-0.15, -0.1) is 0 Å². The normalized spacial score (nSPS) is 18.9. The van der Waals surface area contributed by atoms with Crippen LogP contribution < -0.4 is 0 Å². The van der Waals surface area contributed by atoms with E-state index in [-0.39, 0.29) is 10.6 Å². The first-order valence-electron chi connectivity index (χ1n) is 6.37. The Balaban J connectivity index is 2.12. The Morgan fingerprint density at radius 1 is 1.16 bits per heavy atom. The molecule has 1 aliphatic rings. The molecule has 1 aromatic carbocycles. The molecule has 0 amide bonds. The number of phenols is 1. The van der Waals surface area contributed by atoms with Gasteiger partial charge in [0.05, 0.1) is 4.90 Å². The summed E-state index contributed by atoms with van der Waals surface area (Å²) in [6.07, 6.45) is 1.70. The van der Waals surface area contributed by atoms with Gasteiger partial charge in [0.1, 0.15) is 5.75 Å². The summed E-state index contributed by atoms with van der Waals surface area (Å²) in [7, 11) is 0.621. The van der Waals surface area contributed by atoms with Crippen LogP contribution in [0.4, 0.5) is 0 Å². The van der Waals surface area contributed by atoms with Gasteiger partial charge in [-0.3, -0.25) is 0 Å². The fourth-order valence-electron chi connectivity index (χ4n) is 2.37. The highest BCUT2D eigenvalue weighted by Crippen LogP contribution is 2.23. The van der Waals surface area contributed by atoms with E-state index in [0.717, 1.165) is 12.8 Å². The average Bonchev–Trinajstić information content (AvgIpc) is 2.39. The number of nitrogens with zero attached hydrogens (tertiary/aromatic N) is 2. The van der Waals surface area contributed by atoms with Crippen LogP contribution in [0.5, 0.6) is 5.75 Å². The second kappa shape index (κ2) is 5.48. The van der Waals surface area contributed by atoms with E-state index in [1.165, 1.54) is 28.6 Å². The lowest BCUT2D eigenvalue weighted by Gasteiger charge is -2.34. The van der Waals surface area contributed by atoms with Crippen LogP contribution in [0, 0.1) is 0 Å². The van der Waals surface area contributed by atoms with Crippen LogP contribution in [0.15, 0.2) is 29.2 Å². The van der Waals surface area contributed by atoms with E-state index in [1.54, 1.807) is 0 Å². The topological polar surface area (TPSA) is 60.9 Å². The maximum absolute atomic E-state index is 12.4. The minimum Gasteiger partial charge on any atom is -0.508 e. The zero-order valence-corrected chi connectivity index (χ0v) is 12.1. The maximum atomic E-state index is 12.4. The highest BCUT2D eigenvalue weighted by molar-refractivity contribution is 7.89. The van der Waals surface area contributed by atoms with Crippen LogP contribution in [0.3, 0.4) is 0 Å². The molecule has 5 nitrogen and oxygen atoms in total. The molecule has 0 aromatic heterocycles. The fraction of sp³-hybridized carbons (Fsp3) is 0.538. The minimum atomic E-state index is -3.42. The lowest BCUT2D eigenvalue weighted by atomic mass is 10.1. The van der Waals surface area contributed by atoms with Crippen molar-refractivity contribution in [2.75, 3.05) is 27.2 Å². The van der Waals surface area contributed by atoms with E-state index in [0.29, 0.717) is 19.1 Å². The molecule has 1 aliphatic heterocycles. The Bertz CT molecular complexity index is 517. The van der Waals surface area contributed by atoms with Crippen molar-refractivity contribution >= 4 is 10.0 Å². The molecule has 1 heterocycles. The average molecular weight is 284 g/mol. The van der Waals surface area contributed by atoms with E-state index in [2.05, 4.69) is 4.90 Å². The molecule has 0 atom stereocenters. The zero-order valence-electron chi connectivity index (χ0n) is 11.3. The third-order valence-electron chi connectivity index (χ3n) is 3.63.